The van der Waals surface area contributed by atoms with Crippen molar-refractivity contribution in [3.05, 3.63) is 29.6 Å². The summed E-state index contributed by atoms with van der Waals surface area (Å²) in [6.07, 6.45) is 2.71. The average Bonchev–Trinajstić information content (AvgIpc) is 2.68. The van der Waals surface area contributed by atoms with E-state index in [2.05, 4.69) is 4.90 Å². The summed E-state index contributed by atoms with van der Waals surface area (Å²) in [5.41, 5.74) is 7.24. The predicted molar refractivity (Wildman–Crippen MR) is 64.4 cm³/mol. The highest BCUT2D eigenvalue weighted by Gasteiger charge is 2.35. The van der Waals surface area contributed by atoms with Gasteiger partial charge in [0.2, 0.25) is 0 Å². The highest BCUT2D eigenvalue weighted by molar-refractivity contribution is 5.55. The van der Waals surface area contributed by atoms with Crippen LogP contribution in [0.25, 0.3) is 0 Å². The SMILES string of the molecule is NCc1cccc(F)c1N1CC2CCC(C1)O2. The van der Waals surface area contributed by atoms with Crippen LogP contribution in [-0.2, 0) is 11.3 Å². The molecule has 2 fully saturated rings. The quantitative estimate of drug-likeness (QED) is 0.848. The maximum absolute atomic E-state index is 14.0. The molecule has 2 aliphatic heterocycles. The lowest BCUT2D eigenvalue weighted by molar-refractivity contribution is 0.0302. The molecule has 4 heteroatoms. The van der Waals surface area contributed by atoms with Gasteiger partial charge in [-0.05, 0) is 24.5 Å². The fraction of sp³-hybridized carbons (Fsp3) is 0.538. The molecular weight excluding hydrogens is 219 g/mol. The molecule has 0 aromatic heterocycles. The van der Waals surface area contributed by atoms with Crippen molar-refractivity contribution in [2.45, 2.75) is 31.6 Å². The molecule has 92 valence electrons. The summed E-state index contributed by atoms with van der Waals surface area (Å²) in [7, 11) is 0. The molecule has 2 heterocycles. The molecule has 0 amide bonds. The summed E-state index contributed by atoms with van der Waals surface area (Å²) in [5.74, 6) is -0.172. The third-order valence-electron chi connectivity index (χ3n) is 3.65. The number of hydrogen-bond donors (Lipinski definition) is 1. The summed E-state index contributed by atoms with van der Waals surface area (Å²) in [6.45, 7) is 1.94. The lowest BCUT2D eigenvalue weighted by atomic mass is 10.1. The Morgan fingerprint density at radius 1 is 1.29 bits per heavy atom. The van der Waals surface area contributed by atoms with Gasteiger partial charge in [0.25, 0.3) is 0 Å². The maximum Gasteiger partial charge on any atom is 0.146 e. The third-order valence-corrected chi connectivity index (χ3v) is 3.65. The minimum atomic E-state index is -0.172. The predicted octanol–water partition coefficient (Wildman–Crippen LogP) is 1.65. The number of nitrogens with zero attached hydrogens (tertiary/aromatic N) is 1. The van der Waals surface area contributed by atoms with Crippen LogP contribution in [0.2, 0.25) is 0 Å². The van der Waals surface area contributed by atoms with E-state index >= 15 is 0 Å². The minimum Gasteiger partial charge on any atom is -0.371 e. The zero-order valence-corrected chi connectivity index (χ0v) is 9.73. The molecule has 3 rings (SSSR count). The Morgan fingerprint density at radius 3 is 2.65 bits per heavy atom. The second-order valence-corrected chi connectivity index (χ2v) is 4.81. The van der Waals surface area contributed by atoms with Crippen molar-refractivity contribution < 1.29 is 9.13 Å². The van der Waals surface area contributed by atoms with Crippen molar-refractivity contribution >= 4 is 5.69 Å². The molecule has 2 aliphatic rings. The first-order valence-corrected chi connectivity index (χ1v) is 6.16. The second kappa shape index (κ2) is 4.27. The monoisotopic (exact) mass is 236 g/mol. The van der Waals surface area contributed by atoms with E-state index in [1.807, 2.05) is 6.07 Å². The van der Waals surface area contributed by atoms with E-state index in [0.717, 1.165) is 31.5 Å². The van der Waals surface area contributed by atoms with Crippen LogP contribution in [0.3, 0.4) is 0 Å². The Bertz CT molecular complexity index is 412. The fourth-order valence-corrected chi connectivity index (χ4v) is 2.88. The van der Waals surface area contributed by atoms with E-state index in [-0.39, 0.29) is 18.0 Å². The largest absolute Gasteiger partial charge is 0.371 e. The molecule has 0 aliphatic carbocycles. The molecular formula is C13H17FN2O. The Hall–Kier alpha value is -1.13. The van der Waals surface area contributed by atoms with Gasteiger partial charge < -0.3 is 15.4 Å². The van der Waals surface area contributed by atoms with Crippen LogP contribution >= 0.6 is 0 Å². The van der Waals surface area contributed by atoms with E-state index < -0.39 is 0 Å². The fourth-order valence-electron chi connectivity index (χ4n) is 2.88. The van der Waals surface area contributed by atoms with Crippen LogP contribution < -0.4 is 10.6 Å². The number of morpholine rings is 1. The van der Waals surface area contributed by atoms with Crippen LogP contribution in [0.5, 0.6) is 0 Å². The molecule has 0 saturated carbocycles. The number of anilines is 1. The highest BCUT2D eigenvalue weighted by Crippen LogP contribution is 2.32. The number of nitrogens with two attached hydrogens (primary N) is 1. The molecule has 0 radical (unpaired) electrons. The summed E-state index contributed by atoms with van der Waals surface area (Å²) in [6, 6.07) is 5.12. The van der Waals surface area contributed by atoms with Crippen molar-refractivity contribution in [1.29, 1.82) is 0 Å². The molecule has 2 saturated heterocycles. The Balaban J connectivity index is 1.93. The first-order chi connectivity index (χ1) is 8.28. The average molecular weight is 236 g/mol. The Labute approximate surface area is 100 Å². The smallest absolute Gasteiger partial charge is 0.146 e. The number of hydrogen-bond acceptors (Lipinski definition) is 3. The van der Waals surface area contributed by atoms with Crippen LogP contribution in [0.1, 0.15) is 18.4 Å². The van der Waals surface area contributed by atoms with Gasteiger partial charge in [-0.25, -0.2) is 4.39 Å². The normalized spacial score (nSPS) is 27.5. The zero-order valence-electron chi connectivity index (χ0n) is 9.73. The van der Waals surface area contributed by atoms with Gasteiger partial charge in [-0.3, -0.25) is 0 Å². The Kier molecular flexibility index (Phi) is 2.76. The minimum absolute atomic E-state index is 0.172. The third kappa shape index (κ3) is 1.91. The van der Waals surface area contributed by atoms with Crippen molar-refractivity contribution in [1.82, 2.24) is 0 Å². The number of para-hydroxylation sites is 1. The number of ether oxygens (including phenoxy) is 1. The zero-order chi connectivity index (χ0) is 11.8. The van der Waals surface area contributed by atoms with Crippen LogP contribution in [0, 0.1) is 5.82 Å². The van der Waals surface area contributed by atoms with Gasteiger partial charge in [0, 0.05) is 19.6 Å². The van der Waals surface area contributed by atoms with Gasteiger partial charge in [-0.15, -0.1) is 0 Å². The molecule has 1 aromatic rings. The van der Waals surface area contributed by atoms with Gasteiger partial charge >= 0.3 is 0 Å². The molecule has 1 aromatic carbocycles. The molecule has 2 N–H and O–H groups in total. The van der Waals surface area contributed by atoms with Crippen molar-refractivity contribution in [3.63, 3.8) is 0 Å². The topological polar surface area (TPSA) is 38.5 Å². The van der Waals surface area contributed by atoms with Gasteiger partial charge in [0.05, 0.1) is 17.9 Å². The van der Waals surface area contributed by atoms with E-state index in [1.54, 1.807) is 6.07 Å². The molecule has 2 unspecified atom stereocenters. The highest BCUT2D eigenvalue weighted by atomic mass is 19.1. The maximum atomic E-state index is 14.0. The van der Waals surface area contributed by atoms with Gasteiger partial charge in [0.15, 0.2) is 0 Å². The summed E-state index contributed by atoms with van der Waals surface area (Å²) < 4.78 is 19.7. The van der Waals surface area contributed by atoms with Crippen molar-refractivity contribution in [2.24, 2.45) is 5.73 Å². The number of rotatable bonds is 2. The molecule has 2 bridgehead atoms. The molecule has 2 atom stereocenters. The number of benzene rings is 1. The van der Waals surface area contributed by atoms with Crippen molar-refractivity contribution in [2.75, 3.05) is 18.0 Å². The van der Waals surface area contributed by atoms with Crippen LogP contribution in [0.15, 0.2) is 18.2 Å². The number of fused-ring (bicyclic) bond motifs is 2. The van der Waals surface area contributed by atoms with E-state index in [1.165, 1.54) is 6.07 Å². The lowest BCUT2D eigenvalue weighted by Crippen LogP contribution is -2.43. The second-order valence-electron chi connectivity index (χ2n) is 4.81. The van der Waals surface area contributed by atoms with Gasteiger partial charge in [0.1, 0.15) is 5.82 Å². The molecule has 3 nitrogen and oxygen atoms in total. The number of halogens is 1. The first-order valence-electron chi connectivity index (χ1n) is 6.16. The van der Waals surface area contributed by atoms with Crippen LogP contribution in [-0.4, -0.2) is 25.3 Å². The summed E-state index contributed by atoms with van der Waals surface area (Å²) >= 11 is 0. The summed E-state index contributed by atoms with van der Waals surface area (Å²) in [4.78, 5) is 2.10. The molecule has 17 heavy (non-hydrogen) atoms. The molecule has 0 spiro atoms. The summed E-state index contributed by atoms with van der Waals surface area (Å²) in [5, 5.41) is 0. The van der Waals surface area contributed by atoms with E-state index in [0.29, 0.717) is 12.2 Å². The Morgan fingerprint density at radius 2 is 2.00 bits per heavy atom. The van der Waals surface area contributed by atoms with Crippen LogP contribution in [0.4, 0.5) is 10.1 Å². The standard InChI is InChI=1S/C13H17FN2O/c14-12-3-1-2-9(6-15)13(12)16-7-10-4-5-11(8-16)17-10/h1-3,10-11H,4-8,15H2. The van der Waals surface area contributed by atoms with E-state index in [9.17, 15) is 4.39 Å². The first kappa shape index (κ1) is 11.0. The van der Waals surface area contributed by atoms with E-state index in [4.69, 9.17) is 10.5 Å². The lowest BCUT2D eigenvalue weighted by Gasteiger charge is -2.35. The van der Waals surface area contributed by atoms with Gasteiger partial charge in [-0.1, -0.05) is 12.1 Å². The van der Waals surface area contributed by atoms with Gasteiger partial charge in [-0.2, -0.15) is 0 Å². The van der Waals surface area contributed by atoms with Crippen molar-refractivity contribution in [3.8, 4) is 0 Å².